The molecule has 2 atom stereocenters. The number of carbonyl (C=O) groups excluding carboxylic acids is 2. The zero-order valence-corrected chi connectivity index (χ0v) is 28.7. The number of hydrogen-bond acceptors (Lipinski definition) is 4. The number of carboxylic acid groups (broad SMARTS) is 1. The second kappa shape index (κ2) is 14.5. The van der Waals surface area contributed by atoms with Crippen LogP contribution in [0.4, 0.5) is 18.0 Å². The van der Waals surface area contributed by atoms with E-state index in [0.717, 1.165) is 48.1 Å². The maximum Gasteiger partial charge on any atom is 0.410 e. The number of likely N-dealkylation sites (N-methyl/N-ethyl adjacent to an activating group) is 1. The topological polar surface area (TPSA) is 88.8 Å². The monoisotopic (exact) mass is 746 g/mol. The van der Waals surface area contributed by atoms with E-state index in [9.17, 15) is 32.7 Å². The summed E-state index contributed by atoms with van der Waals surface area (Å²) in [6.45, 7) is 0.470. The van der Waals surface area contributed by atoms with Gasteiger partial charge in [-0.2, -0.15) is 13.2 Å². The zero-order valence-electron chi connectivity index (χ0n) is 27.1. The quantitative estimate of drug-likeness (QED) is 0.138. The lowest BCUT2D eigenvalue weighted by Crippen LogP contribution is -2.45. The highest BCUT2D eigenvalue weighted by molar-refractivity contribution is 9.10. The number of aromatic nitrogens is 1. The number of aliphatic carboxylic acids is 1. The average Bonchev–Trinajstić information content (AvgIpc) is 3.60. The van der Waals surface area contributed by atoms with Crippen molar-refractivity contribution >= 4 is 44.7 Å². The predicted molar refractivity (Wildman–Crippen MR) is 187 cm³/mol. The van der Waals surface area contributed by atoms with Gasteiger partial charge in [0, 0.05) is 53.9 Å². The zero-order chi connectivity index (χ0) is 35.6. The molecule has 258 valence electrons. The van der Waals surface area contributed by atoms with Crippen molar-refractivity contribution in [2.45, 2.75) is 43.9 Å². The first-order valence-electron chi connectivity index (χ1n) is 16.1. The number of Topliss-reactive ketones (excluding diaryl/α,β-unsaturated/α-hetero) is 1. The molecular formula is C39H34BrF3N2O5. The molecule has 0 saturated carbocycles. The van der Waals surface area contributed by atoms with Gasteiger partial charge >= 0.3 is 18.2 Å². The smallest absolute Gasteiger partial charge is 0.410 e. The van der Waals surface area contributed by atoms with Crippen LogP contribution in [0.15, 0.2) is 108 Å². The number of fused-ring (bicyclic) bond motifs is 4. The molecule has 0 radical (unpaired) electrons. The summed E-state index contributed by atoms with van der Waals surface area (Å²) in [6, 6.07) is 29.7. The van der Waals surface area contributed by atoms with Gasteiger partial charge in [-0.25, -0.2) is 4.79 Å². The molecule has 0 saturated heterocycles. The number of alkyl halides is 3. The SMILES string of the molecule is CN(C(=O)OCC1c2ccccc2-c2ccccc21)[C@@H](Cc1cn(Cc2ccc(Br)cc2)c2ccccc12)C(=O)C[C@@H](CC(F)(F)F)C(=O)O. The maximum atomic E-state index is 13.9. The molecule has 1 amide bonds. The minimum atomic E-state index is -4.79. The van der Waals surface area contributed by atoms with E-state index in [1.54, 1.807) is 0 Å². The first-order valence-corrected chi connectivity index (χ1v) is 16.9. The van der Waals surface area contributed by atoms with Gasteiger partial charge in [-0.3, -0.25) is 9.59 Å². The van der Waals surface area contributed by atoms with Crippen LogP contribution < -0.4 is 0 Å². The molecule has 0 fully saturated rings. The van der Waals surface area contributed by atoms with Crippen molar-refractivity contribution in [2.24, 2.45) is 5.92 Å². The number of para-hydroxylation sites is 1. The summed E-state index contributed by atoms with van der Waals surface area (Å²) in [7, 11) is 1.36. The number of benzene rings is 4. The van der Waals surface area contributed by atoms with E-state index in [1.807, 2.05) is 108 Å². The Kier molecular flexibility index (Phi) is 10.2. The van der Waals surface area contributed by atoms with Gasteiger partial charge in [0.1, 0.15) is 6.61 Å². The van der Waals surface area contributed by atoms with Crippen LogP contribution in [0, 0.1) is 5.92 Å². The number of ketones is 1. The number of hydrogen-bond donors (Lipinski definition) is 1. The molecule has 50 heavy (non-hydrogen) atoms. The number of carboxylic acids is 1. The Bertz CT molecular complexity index is 2000. The highest BCUT2D eigenvalue weighted by atomic mass is 79.9. The molecule has 1 aliphatic carbocycles. The van der Waals surface area contributed by atoms with Gasteiger partial charge in [0.05, 0.1) is 18.4 Å². The summed E-state index contributed by atoms with van der Waals surface area (Å²) in [4.78, 5) is 40.5. The van der Waals surface area contributed by atoms with Crippen LogP contribution in [0.2, 0.25) is 0 Å². The van der Waals surface area contributed by atoms with Gasteiger partial charge in [-0.1, -0.05) is 94.8 Å². The van der Waals surface area contributed by atoms with Gasteiger partial charge < -0.3 is 19.3 Å². The lowest BCUT2D eigenvalue weighted by Gasteiger charge is -2.28. The van der Waals surface area contributed by atoms with Gasteiger partial charge in [-0.15, -0.1) is 0 Å². The van der Waals surface area contributed by atoms with E-state index in [0.29, 0.717) is 12.1 Å². The van der Waals surface area contributed by atoms with Crippen LogP contribution in [0.3, 0.4) is 0 Å². The molecule has 1 aromatic heterocycles. The molecule has 4 aromatic carbocycles. The molecule has 0 aliphatic heterocycles. The lowest BCUT2D eigenvalue weighted by atomic mass is 9.92. The van der Waals surface area contributed by atoms with Crippen LogP contribution in [-0.4, -0.2) is 58.3 Å². The van der Waals surface area contributed by atoms with E-state index in [-0.39, 0.29) is 18.9 Å². The highest BCUT2D eigenvalue weighted by Crippen LogP contribution is 2.44. The Labute approximate surface area is 295 Å². The number of nitrogens with zero attached hydrogens (tertiary/aromatic N) is 2. The van der Waals surface area contributed by atoms with Crippen LogP contribution >= 0.6 is 15.9 Å². The molecule has 11 heteroatoms. The van der Waals surface area contributed by atoms with Crippen LogP contribution in [0.5, 0.6) is 0 Å². The minimum Gasteiger partial charge on any atom is -0.481 e. The molecule has 0 bridgehead atoms. The second-order valence-electron chi connectivity index (χ2n) is 12.6. The average molecular weight is 748 g/mol. The number of carbonyl (C=O) groups is 3. The number of ether oxygens (including phenoxy) is 1. The number of rotatable bonds is 12. The minimum absolute atomic E-state index is 0.0313. The Balaban J connectivity index is 1.29. The van der Waals surface area contributed by atoms with Crippen molar-refractivity contribution in [1.29, 1.82) is 0 Å². The van der Waals surface area contributed by atoms with Crippen molar-refractivity contribution in [2.75, 3.05) is 13.7 Å². The fraction of sp³-hybridized carbons (Fsp3) is 0.256. The Hall–Kier alpha value is -4.90. The third-order valence-electron chi connectivity index (χ3n) is 9.29. The fourth-order valence-corrected chi connectivity index (χ4v) is 7.07. The molecule has 0 unspecified atom stereocenters. The predicted octanol–water partition coefficient (Wildman–Crippen LogP) is 8.86. The van der Waals surface area contributed by atoms with Gasteiger partial charge in [0.25, 0.3) is 0 Å². The number of amides is 1. The molecule has 6 rings (SSSR count). The summed E-state index contributed by atoms with van der Waals surface area (Å²) in [5, 5.41) is 10.4. The Morgan fingerprint density at radius 3 is 2.12 bits per heavy atom. The van der Waals surface area contributed by atoms with Crippen LogP contribution in [0.25, 0.3) is 22.0 Å². The van der Waals surface area contributed by atoms with Crippen LogP contribution in [-0.2, 0) is 27.3 Å². The van der Waals surface area contributed by atoms with Crippen molar-refractivity contribution in [1.82, 2.24) is 9.47 Å². The Morgan fingerprint density at radius 1 is 0.900 bits per heavy atom. The van der Waals surface area contributed by atoms with Crippen molar-refractivity contribution in [3.05, 3.63) is 130 Å². The van der Waals surface area contributed by atoms with E-state index in [2.05, 4.69) is 15.9 Å². The van der Waals surface area contributed by atoms with Crippen LogP contribution in [0.1, 0.15) is 41.0 Å². The summed E-state index contributed by atoms with van der Waals surface area (Å²) in [5.41, 5.74) is 6.61. The van der Waals surface area contributed by atoms with Gasteiger partial charge in [0.15, 0.2) is 5.78 Å². The van der Waals surface area contributed by atoms with E-state index in [1.165, 1.54) is 7.05 Å². The third kappa shape index (κ3) is 7.62. The van der Waals surface area contributed by atoms with E-state index in [4.69, 9.17) is 4.74 Å². The Morgan fingerprint density at radius 2 is 1.50 bits per heavy atom. The molecular weight excluding hydrogens is 713 g/mol. The van der Waals surface area contributed by atoms with Crippen molar-refractivity contribution < 1.29 is 37.4 Å². The standard InChI is InChI=1S/C39H34BrF3N2O5/c1-44(38(49)50-23-33-31-11-4-2-9-29(31)30-10-3-5-12-32(30)33)35(36(46)19-25(37(47)48)20-39(41,42)43)18-26-22-45(34-13-7-6-8-28(26)34)21-24-14-16-27(40)17-15-24/h2-17,22,25,33,35H,18-21,23H2,1H3,(H,47,48)/t25-,35-/m0/s1. The molecule has 0 spiro atoms. The first-order chi connectivity index (χ1) is 23.9. The van der Waals surface area contributed by atoms with E-state index < -0.39 is 48.8 Å². The normalized spacial score (nSPS) is 13.8. The first kappa shape index (κ1) is 34.9. The third-order valence-corrected chi connectivity index (χ3v) is 9.82. The lowest BCUT2D eigenvalue weighted by molar-refractivity contribution is -0.165. The molecule has 1 N–H and O–H groups in total. The van der Waals surface area contributed by atoms with Gasteiger partial charge in [-0.05, 0) is 51.6 Å². The summed E-state index contributed by atoms with van der Waals surface area (Å²) in [5.74, 6) is -4.79. The summed E-state index contributed by atoms with van der Waals surface area (Å²) in [6.07, 6.45) is -6.40. The molecule has 1 aliphatic rings. The largest absolute Gasteiger partial charge is 0.481 e. The summed E-state index contributed by atoms with van der Waals surface area (Å²) < 4.78 is 48.7. The molecule has 5 aromatic rings. The maximum absolute atomic E-state index is 13.9. The fourth-order valence-electron chi connectivity index (χ4n) is 6.81. The highest BCUT2D eigenvalue weighted by Gasteiger charge is 2.39. The summed E-state index contributed by atoms with van der Waals surface area (Å²) >= 11 is 3.45. The van der Waals surface area contributed by atoms with Crippen molar-refractivity contribution in [3.8, 4) is 11.1 Å². The number of halogens is 4. The van der Waals surface area contributed by atoms with E-state index >= 15 is 0 Å². The molecule has 7 nitrogen and oxygen atoms in total. The second-order valence-corrected chi connectivity index (χ2v) is 13.5. The van der Waals surface area contributed by atoms with Gasteiger partial charge in [0.2, 0.25) is 0 Å². The molecule has 1 heterocycles. The van der Waals surface area contributed by atoms with Crippen molar-refractivity contribution in [3.63, 3.8) is 0 Å².